The van der Waals surface area contributed by atoms with E-state index in [9.17, 15) is 19.2 Å². The van der Waals surface area contributed by atoms with E-state index < -0.39 is 30.1 Å². The van der Waals surface area contributed by atoms with Gasteiger partial charge in [-0.15, -0.1) is 0 Å². The van der Waals surface area contributed by atoms with E-state index in [-0.39, 0.29) is 19.0 Å². The minimum atomic E-state index is -0.773. The number of hydrogen-bond acceptors (Lipinski definition) is 9. The lowest BCUT2D eigenvalue weighted by molar-refractivity contribution is -0.136. The minimum Gasteiger partial charge on any atom is -0.379 e. The van der Waals surface area contributed by atoms with Crippen molar-refractivity contribution in [3.05, 3.63) is 35.9 Å². The standard InChI is InChI=1S/C22H35N5O6/c1-2-9-32-11-12-33-10-8-25-21(30)16-24-14-19(28)20(29)15-26-22(31)18(27-23)13-17-6-4-3-5-7-17/h3-7,18,24,27H,2,8-16,23H2,1H3,(H,25,30)(H,26,31)/t18-/m0/s1. The first-order valence-corrected chi connectivity index (χ1v) is 10.9. The first kappa shape index (κ1) is 28.3. The Bertz CT molecular complexity index is 731. The molecule has 184 valence electrons. The molecule has 0 spiro atoms. The van der Waals surface area contributed by atoms with Crippen LogP contribution in [0.15, 0.2) is 30.3 Å². The van der Waals surface area contributed by atoms with E-state index >= 15 is 0 Å². The summed E-state index contributed by atoms with van der Waals surface area (Å²) in [6, 6.07) is 8.50. The van der Waals surface area contributed by atoms with Gasteiger partial charge in [0.1, 0.15) is 6.04 Å². The number of rotatable bonds is 19. The highest BCUT2D eigenvalue weighted by Gasteiger charge is 2.20. The second kappa shape index (κ2) is 17.8. The molecule has 1 atom stereocenters. The Balaban J connectivity index is 2.15. The second-order valence-corrected chi connectivity index (χ2v) is 7.15. The molecule has 0 saturated heterocycles. The maximum absolute atomic E-state index is 12.2. The molecule has 0 aliphatic rings. The van der Waals surface area contributed by atoms with E-state index in [1.807, 2.05) is 37.3 Å². The van der Waals surface area contributed by atoms with Crippen LogP contribution in [0.3, 0.4) is 0 Å². The van der Waals surface area contributed by atoms with E-state index in [1.165, 1.54) is 0 Å². The Morgan fingerprint density at radius 2 is 1.55 bits per heavy atom. The van der Waals surface area contributed by atoms with Gasteiger partial charge in [0.05, 0.1) is 39.5 Å². The van der Waals surface area contributed by atoms with Gasteiger partial charge in [0.2, 0.25) is 23.4 Å². The SMILES string of the molecule is CCCOCCOCCNC(=O)CNCC(=O)C(=O)CNC(=O)[C@H](Cc1ccccc1)NN. The van der Waals surface area contributed by atoms with E-state index in [0.29, 0.717) is 39.4 Å². The molecule has 0 fully saturated rings. The molecule has 1 rings (SSSR count). The van der Waals surface area contributed by atoms with Crippen molar-refractivity contribution in [2.75, 3.05) is 52.6 Å². The van der Waals surface area contributed by atoms with E-state index in [4.69, 9.17) is 15.3 Å². The van der Waals surface area contributed by atoms with Gasteiger partial charge < -0.3 is 25.4 Å². The topological polar surface area (TPSA) is 161 Å². The predicted octanol–water partition coefficient (Wildman–Crippen LogP) is -1.54. The van der Waals surface area contributed by atoms with Crippen LogP contribution in [0.5, 0.6) is 0 Å². The Hall–Kier alpha value is -2.70. The summed E-state index contributed by atoms with van der Waals surface area (Å²) >= 11 is 0. The van der Waals surface area contributed by atoms with Gasteiger partial charge in [0.25, 0.3) is 0 Å². The number of Topliss-reactive ketones (excluding diaryl/α,β-unsaturated/α-hetero) is 2. The molecule has 0 heterocycles. The van der Waals surface area contributed by atoms with Crippen LogP contribution in [0.4, 0.5) is 0 Å². The minimum absolute atomic E-state index is 0.124. The molecular formula is C22H35N5O6. The molecule has 1 aromatic carbocycles. The molecule has 0 saturated carbocycles. The highest BCUT2D eigenvalue weighted by atomic mass is 16.5. The zero-order valence-corrected chi connectivity index (χ0v) is 19.1. The van der Waals surface area contributed by atoms with Gasteiger partial charge in [-0.05, 0) is 18.4 Å². The molecule has 0 radical (unpaired) electrons. The lowest BCUT2D eigenvalue weighted by atomic mass is 10.1. The van der Waals surface area contributed by atoms with Gasteiger partial charge in [-0.3, -0.25) is 25.0 Å². The molecule has 6 N–H and O–H groups in total. The molecule has 11 heteroatoms. The van der Waals surface area contributed by atoms with Crippen LogP contribution in [-0.4, -0.2) is 82.0 Å². The fraction of sp³-hybridized carbons (Fsp3) is 0.545. The molecule has 11 nitrogen and oxygen atoms in total. The molecule has 0 bridgehead atoms. The largest absolute Gasteiger partial charge is 0.379 e. The number of hydrogen-bond donors (Lipinski definition) is 5. The number of ether oxygens (including phenoxy) is 2. The number of carbonyl (C=O) groups is 4. The Morgan fingerprint density at radius 3 is 2.21 bits per heavy atom. The average molecular weight is 466 g/mol. The molecule has 0 unspecified atom stereocenters. The summed E-state index contributed by atoms with van der Waals surface area (Å²) < 4.78 is 10.6. The second-order valence-electron chi connectivity index (χ2n) is 7.15. The quantitative estimate of drug-likeness (QED) is 0.0706. The summed E-state index contributed by atoms with van der Waals surface area (Å²) in [7, 11) is 0. The molecule has 0 aliphatic heterocycles. The number of carbonyl (C=O) groups excluding carboxylic acids is 4. The normalized spacial score (nSPS) is 11.6. The lowest BCUT2D eigenvalue weighted by Gasteiger charge is -2.15. The smallest absolute Gasteiger partial charge is 0.239 e. The van der Waals surface area contributed by atoms with E-state index in [1.54, 1.807) is 0 Å². The number of amides is 2. The van der Waals surface area contributed by atoms with Crippen LogP contribution >= 0.6 is 0 Å². The zero-order valence-electron chi connectivity index (χ0n) is 19.1. The summed E-state index contributed by atoms with van der Waals surface area (Å²) in [5.41, 5.74) is 3.30. The third-order valence-corrected chi connectivity index (χ3v) is 4.39. The van der Waals surface area contributed by atoms with Gasteiger partial charge in [-0.1, -0.05) is 37.3 Å². The van der Waals surface area contributed by atoms with Crippen molar-refractivity contribution in [3.8, 4) is 0 Å². The Labute approximate surface area is 194 Å². The van der Waals surface area contributed by atoms with Crippen LogP contribution in [0.2, 0.25) is 0 Å². The summed E-state index contributed by atoms with van der Waals surface area (Å²) in [6.07, 6.45) is 1.28. The first-order chi connectivity index (χ1) is 16.0. The maximum atomic E-state index is 12.2. The van der Waals surface area contributed by atoms with Crippen molar-refractivity contribution in [3.63, 3.8) is 0 Å². The first-order valence-electron chi connectivity index (χ1n) is 10.9. The Morgan fingerprint density at radius 1 is 0.879 bits per heavy atom. The molecular weight excluding hydrogens is 430 g/mol. The lowest BCUT2D eigenvalue weighted by Crippen LogP contribution is -2.50. The highest BCUT2D eigenvalue weighted by Crippen LogP contribution is 2.02. The predicted molar refractivity (Wildman–Crippen MR) is 122 cm³/mol. The number of benzene rings is 1. The van der Waals surface area contributed by atoms with E-state index in [2.05, 4.69) is 21.4 Å². The van der Waals surface area contributed by atoms with Crippen molar-refractivity contribution in [1.82, 2.24) is 21.4 Å². The molecule has 33 heavy (non-hydrogen) atoms. The summed E-state index contributed by atoms with van der Waals surface area (Å²) in [6.45, 7) is 3.48. The van der Waals surface area contributed by atoms with Crippen molar-refractivity contribution in [1.29, 1.82) is 0 Å². The third-order valence-electron chi connectivity index (χ3n) is 4.39. The monoisotopic (exact) mass is 465 g/mol. The van der Waals surface area contributed by atoms with Crippen molar-refractivity contribution in [2.24, 2.45) is 5.84 Å². The van der Waals surface area contributed by atoms with Gasteiger partial charge in [-0.25, -0.2) is 5.43 Å². The molecule has 0 aromatic heterocycles. The molecule has 1 aromatic rings. The summed E-state index contributed by atoms with van der Waals surface area (Å²) in [4.78, 5) is 47.8. The van der Waals surface area contributed by atoms with Crippen LogP contribution in [-0.2, 0) is 35.1 Å². The highest BCUT2D eigenvalue weighted by molar-refractivity contribution is 6.39. The number of nitrogens with one attached hydrogen (secondary N) is 4. The van der Waals surface area contributed by atoms with Crippen LogP contribution < -0.4 is 27.2 Å². The van der Waals surface area contributed by atoms with Crippen molar-refractivity contribution in [2.45, 2.75) is 25.8 Å². The Kier molecular flexibility index (Phi) is 15.3. The van der Waals surface area contributed by atoms with Gasteiger partial charge in [-0.2, -0.15) is 0 Å². The van der Waals surface area contributed by atoms with Crippen LogP contribution in [0.1, 0.15) is 18.9 Å². The maximum Gasteiger partial charge on any atom is 0.239 e. The average Bonchev–Trinajstić information content (AvgIpc) is 2.82. The van der Waals surface area contributed by atoms with E-state index in [0.717, 1.165) is 12.0 Å². The number of nitrogens with two attached hydrogens (primary N) is 1. The third kappa shape index (κ3) is 13.4. The summed E-state index contributed by atoms with van der Waals surface area (Å²) in [5, 5.41) is 7.64. The van der Waals surface area contributed by atoms with Crippen molar-refractivity contribution < 1.29 is 28.7 Å². The van der Waals surface area contributed by atoms with Crippen LogP contribution in [0, 0.1) is 0 Å². The summed E-state index contributed by atoms with van der Waals surface area (Å²) in [5.74, 6) is 3.11. The zero-order chi connectivity index (χ0) is 24.3. The van der Waals surface area contributed by atoms with Gasteiger partial charge >= 0.3 is 0 Å². The molecule has 0 aliphatic carbocycles. The fourth-order valence-electron chi connectivity index (χ4n) is 2.65. The molecule has 2 amide bonds. The van der Waals surface area contributed by atoms with Crippen molar-refractivity contribution >= 4 is 23.4 Å². The number of ketones is 2. The fourth-order valence-corrected chi connectivity index (χ4v) is 2.65. The van der Waals surface area contributed by atoms with Gasteiger partial charge in [0.15, 0.2) is 0 Å². The van der Waals surface area contributed by atoms with Crippen LogP contribution in [0.25, 0.3) is 0 Å². The number of hydrazine groups is 1. The van der Waals surface area contributed by atoms with Gasteiger partial charge in [0, 0.05) is 13.2 Å².